The summed E-state index contributed by atoms with van der Waals surface area (Å²) in [6, 6.07) is 3.74. The maximum absolute atomic E-state index is 12.6. The minimum absolute atomic E-state index is 0.139. The fourth-order valence-electron chi connectivity index (χ4n) is 3.04. The Hall–Kier alpha value is -1.89. The van der Waals surface area contributed by atoms with E-state index in [1.807, 2.05) is 12.1 Å². The van der Waals surface area contributed by atoms with Crippen LogP contribution in [0.15, 0.2) is 21.7 Å². The monoisotopic (exact) mass is 336 g/mol. The Morgan fingerprint density at radius 1 is 1.17 bits per heavy atom. The molecule has 1 heterocycles. The summed E-state index contributed by atoms with van der Waals surface area (Å²) < 4.78 is 24.2. The molecule has 1 atom stereocenters. The number of aryl methyl sites for hydroxylation is 2. The SMILES string of the molecule is CC(Cn1c(=O)[nH]c2cc3c(cc2c1=O)CCCC3)S(C)(=O)=O. The van der Waals surface area contributed by atoms with Gasteiger partial charge < -0.3 is 4.98 Å². The summed E-state index contributed by atoms with van der Waals surface area (Å²) in [5.41, 5.74) is 1.88. The molecule has 23 heavy (non-hydrogen) atoms. The van der Waals surface area contributed by atoms with Crippen molar-refractivity contribution in [1.29, 1.82) is 0 Å². The van der Waals surface area contributed by atoms with Gasteiger partial charge in [-0.2, -0.15) is 0 Å². The number of sulfone groups is 1. The second kappa shape index (κ2) is 5.63. The summed E-state index contributed by atoms with van der Waals surface area (Å²) in [5, 5.41) is -0.345. The number of hydrogen-bond donors (Lipinski definition) is 1. The average Bonchev–Trinajstić information content (AvgIpc) is 2.48. The van der Waals surface area contributed by atoms with Crippen LogP contribution in [-0.2, 0) is 29.2 Å². The molecule has 1 aromatic heterocycles. The largest absolute Gasteiger partial charge is 0.328 e. The standard InChI is InChI=1S/C16H20N2O4S/c1-10(23(2,21)22)9-18-15(19)13-7-11-5-3-4-6-12(11)8-14(13)17-16(18)20/h7-8,10H,3-6,9H2,1-2H3,(H,17,20). The molecule has 0 saturated carbocycles. The number of hydrogen-bond acceptors (Lipinski definition) is 4. The number of aromatic amines is 1. The lowest BCUT2D eigenvalue weighted by atomic mass is 9.90. The Morgan fingerprint density at radius 2 is 1.78 bits per heavy atom. The van der Waals surface area contributed by atoms with Crippen molar-refractivity contribution in [2.45, 2.75) is 44.4 Å². The van der Waals surface area contributed by atoms with E-state index < -0.39 is 26.3 Å². The molecule has 0 saturated heterocycles. The van der Waals surface area contributed by atoms with Gasteiger partial charge in [0.1, 0.15) is 0 Å². The molecule has 1 aliphatic carbocycles. The van der Waals surface area contributed by atoms with Crippen molar-refractivity contribution in [3.63, 3.8) is 0 Å². The first-order chi connectivity index (χ1) is 10.8. The first kappa shape index (κ1) is 16.0. The van der Waals surface area contributed by atoms with Crippen LogP contribution in [0, 0.1) is 0 Å². The van der Waals surface area contributed by atoms with Gasteiger partial charge in [-0.05, 0) is 55.9 Å². The predicted octanol–water partition coefficient (Wildman–Crippen LogP) is 1.00. The summed E-state index contributed by atoms with van der Waals surface area (Å²) in [7, 11) is -3.31. The van der Waals surface area contributed by atoms with Gasteiger partial charge >= 0.3 is 5.69 Å². The molecular formula is C16H20N2O4S. The highest BCUT2D eigenvalue weighted by molar-refractivity contribution is 7.91. The van der Waals surface area contributed by atoms with Gasteiger partial charge in [-0.1, -0.05) is 0 Å². The number of fused-ring (bicyclic) bond motifs is 2. The lowest BCUT2D eigenvalue weighted by Gasteiger charge is -2.17. The third-order valence-electron chi connectivity index (χ3n) is 4.61. The van der Waals surface area contributed by atoms with E-state index in [1.165, 1.54) is 12.5 Å². The quantitative estimate of drug-likeness (QED) is 0.905. The number of nitrogens with one attached hydrogen (secondary N) is 1. The molecule has 0 bridgehead atoms. The van der Waals surface area contributed by atoms with E-state index >= 15 is 0 Å². The fraction of sp³-hybridized carbons (Fsp3) is 0.500. The van der Waals surface area contributed by atoms with Crippen molar-refractivity contribution in [2.24, 2.45) is 0 Å². The summed E-state index contributed by atoms with van der Waals surface area (Å²) in [6.07, 6.45) is 5.21. The third-order valence-corrected chi connectivity index (χ3v) is 6.23. The maximum atomic E-state index is 12.6. The highest BCUT2D eigenvalue weighted by Gasteiger charge is 2.19. The fourth-order valence-corrected chi connectivity index (χ4v) is 3.46. The second-order valence-corrected chi connectivity index (χ2v) is 8.82. The van der Waals surface area contributed by atoms with Gasteiger partial charge in [0.15, 0.2) is 9.84 Å². The summed E-state index contributed by atoms with van der Waals surface area (Å²) in [6.45, 7) is 1.36. The summed E-state index contributed by atoms with van der Waals surface area (Å²) in [5.74, 6) is 0. The average molecular weight is 336 g/mol. The van der Waals surface area contributed by atoms with Crippen LogP contribution >= 0.6 is 0 Å². The first-order valence-corrected chi connectivity index (χ1v) is 9.70. The summed E-state index contributed by atoms with van der Waals surface area (Å²) in [4.78, 5) is 27.6. The first-order valence-electron chi connectivity index (χ1n) is 7.75. The van der Waals surface area contributed by atoms with Crippen LogP contribution in [0.4, 0.5) is 0 Å². The molecule has 2 aromatic rings. The van der Waals surface area contributed by atoms with Gasteiger partial charge in [-0.15, -0.1) is 0 Å². The highest BCUT2D eigenvalue weighted by Crippen LogP contribution is 2.24. The van der Waals surface area contributed by atoms with Gasteiger partial charge in [-0.3, -0.25) is 9.36 Å². The lowest BCUT2D eigenvalue weighted by molar-refractivity contribution is 0.560. The van der Waals surface area contributed by atoms with E-state index in [-0.39, 0.29) is 6.54 Å². The second-order valence-electron chi connectivity index (χ2n) is 6.36. The van der Waals surface area contributed by atoms with Crippen LogP contribution in [-0.4, -0.2) is 29.5 Å². The maximum Gasteiger partial charge on any atom is 0.328 e. The molecule has 0 amide bonds. The van der Waals surface area contributed by atoms with Gasteiger partial charge in [0.25, 0.3) is 5.56 Å². The Labute approximate surface area is 134 Å². The predicted molar refractivity (Wildman–Crippen MR) is 89.8 cm³/mol. The molecule has 0 aliphatic heterocycles. The van der Waals surface area contributed by atoms with Gasteiger partial charge in [-0.25, -0.2) is 13.2 Å². The number of H-pyrrole nitrogens is 1. The molecule has 1 aromatic carbocycles. The van der Waals surface area contributed by atoms with Crippen molar-refractivity contribution in [1.82, 2.24) is 9.55 Å². The molecule has 3 rings (SSSR count). The van der Waals surface area contributed by atoms with Crippen molar-refractivity contribution in [3.05, 3.63) is 44.1 Å². The molecule has 1 N–H and O–H groups in total. The molecule has 0 fully saturated rings. The number of rotatable bonds is 3. The van der Waals surface area contributed by atoms with E-state index in [0.717, 1.165) is 42.1 Å². The normalized spacial score (nSPS) is 16.3. The Morgan fingerprint density at radius 3 is 2.39 bits per heavy atom. The van der Waals surface area contributed by atoms with Gasteiger partial charge in [0.05, 0.1) is 16.2 Å². The topological polar surface area (TPSA) is 89.0 Å². The smallest absolute Gasteiger partial charge is 0.307 e. The molecule has 6 nitrogen and oxygen atoms in total. The zero-order chi connectivity index (χ0) is 16.8. The Kier molecular flexibility index (Phi) is 3.91. The molecule has 0 spiro atoms. The molecule has 1 unspecified atom stereocenters. The van der Waals surface area contributed by atoms with Crippen LogP contribution in [0.1, 0.15) is 30.9 Å². The molecule has 124 valence electrons. The van der Waals surface area contributed by atoms with Gasteiger partial charge in [0, 0.05) is 12.8 Å². The van der Waals surface area contributed by atoms with Gasteiger partial charge in [0.2, 0.25) is 0 Å². The molecule has 1 aliphatic rings. The summed E-state index contributed by atoms with van der Waals surface area (Å²) >= 11 is 0. The van der Waals surface area contributed by atoms with E-state index in [2.05, 4.69) is 4.98 Å². The van der Waals surface area contributed by atoms with Crippen LogP contribution in [0.3, 0.4) is 0 Å². The van der Waals surface area contributed by atoms with Crippen LogP contribution in [0.2, 0.25) is 0 Å². The zero-order valence-electron chi connectivity index (χ0n) is 13.3. The molecular weight excluding hydrogens is 316 g/mol. The minimum Gasteiger partial charge on any atom is -0.307 e. The van der Waals surface area contributed by atoms with Crippen LogP contribution < -0.4 is 11.2 Å². The highest BCUT2D eigenvalue weighted by atomic mass is 32.2. The lowest BCUT2D eigenvalue weighted by Crippen LogP contribution is -2.39. The van der Waals surface area contributed by atoms with Crippen molar-refractivity contribution in [3.8, 4) is 0 Å². The van der Waals surface area contributed by atoms with Crippen LogP contribution in [0.5, 0.6) is 0 Å². The van der Waals surface area contributed by atoms with Crippen LogP contribution in [0.25, 0.3) is 10.9 Å². The molecule has 0 radical (unpaired) electrons. The minimum atomic E-state index is -3.31. The number of benzene rings is 1. The van der Waals surface area contributed by atoms with Crippen molar-refractivity contribution >= 4 is 20.7 Å². The number of aromatic nitrogens is 2. The van der Waals surface area contributed by atoms with Crippen molar-refractivity contribution < 1.29 is 8.42 Å². The molecule has 7 heteroatoms. The Balaban J connectivity index is 2.17. The zero-order valence-corrected chi connectivity index (χ0v) is 14.1. The Bertz CT molecular complexity index is 986. The van der Waals surface area contributed by atoms with Crippen molar-refractivity contribution in [2.75, 3.05) is 6.26 Å². The van der Waals surface area contributed by atoms with E-state index in [4.69, 9.17) is 0 Å². The number of nitrogens with zero attached hydrogens (tertiary/aromatic N) is 1. The van der Waals surface area contributed by atoms with E-state index in [1.54, 1.807) is 0 Å². The third kappa shape index (κ3) is 2.97. The van der Waals surface area contributed by atoms with E-state index in [9.17, 15) is 18.0 Å². The van der Waals surface area contributed by atoms with E-state index in [0.29, 0.717) is 10.9 Å².